The molecule has 1 unspecified atom stereocenters. The molecule has 5 aromatic rings. The van der Waals surface area contributed by atoms with Gasteiger partial charge in [-0.15, -0.1) is 23.1 Å². The Kier molecular flexibility index (Phi) is 7.59. The summed E-state index contributed by atoms with van der Waals surface area (Å²) in [6.07, 6.45) is 2.85. The van der Waals surface area contributed by atoms with E-state index in [1.54, 1.807) is 35.2 Å². The van der Waals surface area contributed by atoms with Crippen LogP contribution in [0.25, 0.3) is 10.9 Å². The molecule has 0 aliphatic carbocycles. The molecule has 0 spiro atoms. The molecule has 196 valence electrons. The molecule has 1 atom stereocenters. The highest BCUT2D eigenvalue weighted by atomic mass is 79.9. The number of ether oxygens (including phenoxy) is 1. The summed E-state index contributed by atoms with van der Waals surface area (Å²) in [5, 5.41) is 9.72. The number of hydrogen-bond acceptors (Lipinski definition) is 5. The first-order valence-electron chi connectivity index (χ1n) is 12.6. The maximum absolute atomic E-state index is 13.7. The van der Waals surface area contributed by atoms with E-state index in [0.717, 1.165) is 48.7 Å². The Bertz CT molecular complexity index is 1630. The molecular formula is C31H26BrN3O2S2. The molecule has 0 saturated carbocycles. The highest BCUT2D eigenvalue weighted by Gasteiger charge is 2.33. The standard InChI is InChI=1S/C31H26BrN3O2S2/c1-37-24-14-10-22(11-15-24)28-17-26(29-7-4-16-38-29)33-35(28)31(36)20-39-30-19-34(27-6-3-2-5-25(27)30)18-21-8-12-23(32)13-9-21/h2-16,19,28H,17-18,20H2,1H3. The summed E-state index contributed by atoms with van der Waals surface area (Å²) in [5.74, 6) is 1.10. The summed E-state index contributed by atoms with van der Waals surface area (Å²) >= 11 is 6.74. The maximum atomic E-state index is 13.7. The van der Waals surface area contributed by atoms with E-state index in [-0.39, 0.29) is 11.9 Å². The number of fused-ring (bicyclic) bond motifs is 1. The van der Waals surface area contributed by atoms with Crippen LogP contribution in [0.3, 0.4) is 0 Å². The lowest BCUT2D eigenvalue weighted by atomic mass is 10.0. The number of methoxy groups -OCH3 is 1. The van der Waals surface area contributed by atoms with Gasteiger partial charge >= 0.3 is 0 Å². The largest absolute Gasteiger partial charge is 0.497 e. The second kappa shape index (κ2) is 11.4. The minimum Gasteiger partial charge on any atom is -0.497 e. The monoisotopic (exact) mass is 615 g/mol. The summed E-state index contributed by atoms with van der Waals surface area (Å²) in [5.41, 5.74) is 4.39. The third-order valence-electron chi connectivity index (χ3n) is 6.84. The van der Waals surface area contributed by atoms with Crippen molar-refractivity contribution in [2.24, 2.45) is 5.10 Å². The summed E-state index contributed by atoms with van der Waals surface area (Å²) in [6, 6.07) is 28.7. The molecule has 8 heteroatoms. The zero-order valence-electron chi connectivity index (χ0n) is 21.3. The minimum atomic E-state index is -0.139. The van der Waals surface area contributed by atoms with Gasteiger partial charge in [-0.3, -0.25) is 4.79 Å². The van der Waals surface area contributed by atoms with E-state index in [9.17, 15) is 4.79 Å². The summed E-state index contributed by atoms with van der Waals surface area (Å²) < 4.78 is 8.66. The second-order valence-corrected chi connectivity index (χ2v) is 12.2. The van der Waals surface area contributed by atoms with Gasteiger partial charge in [0.15, 0.2) is 0 Å². The van der Waals surface area contributed by atoms with E-state index in [2.05, 4.69) is 81.3 Å². The first-order chi connectivity index (χ1) is 19.1. The lowest BCUT2D eigenvalue weighted by Crippen LogP contribution is -2.28. The summed E-state index contributed by atoms with van der Waals surface area (Å²) in [4.78, 5) is 15.9. The molecule has 0 saturated heterocycles. The first kappa shape index (κ1) is 25.9. The number of hydrazone groups is 1. The molecule has 1 amide bonds. The number of halogens is 1. The van der Waals surface area contributed by atoms with Gasteiger partial charge in [-0.05, 0) is 52.9 Å². The number of hydrogen-bond donors (Lipinski definition) is 0. The van der Waals surface area contributed by atoms with Crippen LogP contribution in [0, 0.1) is 0 Å². The van der Waals surface area contributed by atoms with Crippen LogP contribution in [-0.4, -0.2) is 34.1 Å². The summed E-state index contributed by atoms with van der Waals surface area (Å²) in [6.45, 7) is 0.766. The van der Waals surface area contributed by atoms with Crippen molar-refractivity contribution in [1.82, 2.24) is 9.58 Å². The molecule has 3 heterocycles. The van der Waals surface area contributed by atoms with Crippen LogP contribution in [0.2, 0.25) is 0 Å². The van der Waals surface area contributed by atoms with E-state index in [1.165, 1.54) is 5.56 Å². The first-order valence-corrected chi connectivity index (χ1v) is 15.3. The Morgan fingerprint density at radius 2 is 1.85 bits per heavy atom. The van der Waals surface area contributed by atoms with Gasteiger partial charge in [0, 0.05) is 39.4 Å². The Morgan fingerprint density at radius 1 is 1.05 bits per heavy atom. The van der Waals surface area contributed by atoms with E-state index in [4.69, 9.17) is 9.84 Å². The topological polar surface area (TPSA) is 46.8 Å². The lowest BCUT2D eigenvalue weighted by molar-refractivity contribution is -0.130. The molecule has 2 aromatic heterocycles. The van der Waals surface area contributed by atoms with Crippen LogP contribution in [0.15, 0.2) is 111 Å². The number of nitrogens with zero attached hydrogens (tertiary/aromatic N) is 3. The highest BCUT2D eigenvalue weighted by molar-refractivity contribution is 9.10. The molecule has 0 bridgehead atoms. The number of benzene rings is 3. The van der Waals surface area contributed by atoms with Crippen molar-refractivity contribution >= 4 is 61.6 Å². The molecule has 0 radical (unpaired) electrons. The van der Waals surface area contributed by atoms with Crippen molar-refractivity contribution in [2.45, 2.75) is 23.9 Å². The van der Waals surface area contributed by atoms with Crippen molar-refractivity contribution < 1.29 is 9.53 Å². The lowest BCUT2D eigenvalue weighted by Gasteiger charge is -2.22. The molecule has 0 fully saturated rings. The van der Waals surface area contributed by atoms with Crippen LogP contribution in [-0.2, 0) is 11.3 Å². The third kappa shape index (κ3) is 5.55. The molecule has 39 heavy (non-hydrogen) atoms. The van der Waals surface area contributed by atoms with Crippen LogP contribution in [0.5, 0.6) is 5.75 Å². The van der Waals surface area contributed by atoms with Crippen molar-refractivity contribution in [3.05, 3.63) is 117 Å². The number of amides is 1. The van der Waals surface area contributed by atoms with E-state index in [0.29, 0.717) is 12.2 Å². The number of carbonyl (C=O) groups is 1. The number of aromatic nitrogens is 1. The molecule has 5 nitrogen and oxygen atoms in total. The maximum Gasteiger partial charge on any atom is 0.253 e. The quantitative estimate of drug-likeness (QED) is 0.166. The van der Waals surface area contributed by atoms with Gasteiger partial charge in [0.1, 0.15) is 5.75 Å². The van der Waals surface area contributed by atoms with Crippen LogP contribution in [0.1, 0.15) is 28.5 Å². The SMILES string of the molecule is COc1ccc(C2CC(c3cccs3)=NN2C(=O)CSc2cn(Cc3ccc(Br)cc3)c3ccccc23)cc1. The van der Waals surface area contributed by atoms with E-state index < -0.39 is 0 Å². The fraction of sp³-hybridized carbons (Fsp3) is 0.161. The average Bonchev–Trinajstić information content (AvgIpc) is 3.73. The number of thioether (sulfide) groups is 1. The normalized spacial score (nSPS) is 15.1. The van der Waals surface area contributed by atoms with Gasteiger partial charge < -0.3 is 9.30 Å². The highest BCUT2D eigenvalue weighted by Crippen LogP contribution is 2.36. The zero-order valence-corrected chi connectivity index (χ0v) is 24.5. The number of para-hydroxylation sites is 1. The fourth-order valence-electron chi connectivity index (χ4n) is 4.87. The van der Waals surface area contributed by atoms with Crippen molar-refractivity contribution in [1.29, 1.82) is 0 Å². The summed E-state index contributed by atoms with van der Waals surface area (Å²) in [7, 11) is 1.66. The van der Waals surface area contributed by atoms with Crippen LogP contribution in [0.4, 0.5) is 0 Å². The third-order valence-corrected chi connectivity index (χ3v) is 9.32. The number of rotatable bonds is 8. The Balaban J connectivity index is 1.24. The molecular weight excluding hydrogens is 590 g/mol. The van der Waals surface area contributed by atoms with Crippen molar-refractivity contribution in [3.63, 3.8) is 0 Å². The zero-order chi connectivity index (χ0) is 26.8. The number of thiophene rings is 1. The average molecular weight is 617 g/mol. The molecule has 1 aliphatic rings. The van der Waals surface area contributed by atoms with E-state index >= 15 is 0 Å². The van der Waals surface area contributed by atoms with Crippen molar-refractivity contribution in [2.75, 3.05) is 12.9 Å². The van der Waals surface area contributed by atoms with Crippen LogP contribution < -0.4 is 4.74 Å². The Labute approximate surface area is 244 Å². The van der Waals surface area contributed by atoms with Crippen LogP contribution >= 0.6 is 39.0 Å². The smallest absolute Gasteiger partial charge is 0.253 e. The van der Waals surface area contributed by atoms with Gasteiger partial charge in [-0.2, -0.15) is 5.10 Å². The van der Waals surface area contributed by atoms with Gasteiger partial charge in [0.25, 0.3) is 5.91 Å². The Hall–Kier alpha value is -3.33. The molecule has 6 rings (SSSR count). The van der Waals surface area contributed by atoms with Gasteiger partial charge in [0.2, 0.25) is 0 Å². The molecule has 0 N–H and O–H groups in total. The van der Waals surface area contributed by atoms with Crippen molar-refractivity contribution in [3.8, 4) is 5.75 Å². The van der Waals surface area contributed by atoms with Gasteiger partial charge in [-0.1, -0.05) is 64.5 Å². The molecule has 1 aliphatic heterocycles. The Morgan fingerprint density at radius 3 is 2.59 bits per heavy atom. The fourth-order valence-corrected chi connectivity index (χ4v) is 6.80. The predicted molar refractivity (Wildman–Crippen MR) is 164 cm³/mol. The molecule has 3 aromatic carbocycles. The van der Waals surface area contributed by atoms with E-state index in [1.807, 2.05) is 35.7 Å². The van der Waals surface area contributed by atoms with Gasteiger partial charge in [-0.25, -0.2) is 5.01 Å². The predicted octanol–water partition coefficient (Wildman–Crippen LogP) is 7.99. The second-order valence-electron chi connectivity index (χ2n) is 9.31. The minimum absolute atomic E-state index is 0.00267. The van der Waals surface area contributed by atoms with Gasteiger partial charge in [0.05, 0.1) is 29.5 Å². The number of carbonyl (C=O) groups excluding carboxylic acids is 1.